The van der Waals surface area contributed by atoms with Crippen molar-refractivity contribution in [2.75, 3.05) is 19.5 Å². The molecule has 0 aliphatic heterocycles. The molecule has 3 N–H and O–H groups in total. The van der Waals surface area contributed by atoms with Gasteiger partial charge in [0.05, 0.1) is 19.8 Å². The molecule has 3 amide bonds. The van der Waals surface area contributed by atoms with Gasteiger partial charge in [0.1, 0.15) is 0 Å². The quantitative estimate of drug-likeness (QED) is 0.563. The number of hydrazine groups is 1. The third-order valence-electron chi connectivity index (χ3n) is 3.49. The number of Topliss-reactive ketones (excluding diaryl/α,β-unsaturated/α-hetero) is 1. The number of rotatable bonds is 5. The Kier molecular flexibility index (Phi) is 6.15. The van der Waals surface area contributed by atoms with E-state index in [1.807, 2.05) is 0 Å². The lowest BCUT2D eigenvalue weighted by atomic mass is 10.1. The number of ether oxygens (including phenoxy) is 2. The van der Waals surface area contributed by atoms with Crippen LogP contribution in [-0.4, -0.2) is 31.9 Å². The summed E-state index contributed by atoms with van der Waals surface area (Å²) in [6.45, 7) is 1.46. The Morgan fingerprint density at radius 1 is 0.885 bits per heavy atom. The number of para-hydroxylation sites is 1. The molecule has 0 heterocycles. The first-order chi connectivity index (χ1) is 12.5. The van der Waals surface area contributed by atoms with E-state index in [-0.39, 0.29) is 17.1 Å². The molecule has 0 aromatic heterocycles. The van der Waals surface area contributed by atoms with E-state index in [0.717, 1.165) is 0 Å². The Morgan fingerprint density at radius 2 is 1.58 bits per heavy atom. The van der Waals surface area contributed by atoms with Crippen LogP contribution in [0.5, 0.6) is 11.5 Å². The zero-order valence-electron chi connectivity index (χ0n) is 14.6. The molecule has 2 aromatic carbocycles. The number of methoxy groups -OCH3 is 2. The molecule has 0 aliphatic rings. The maximum absolute atomic E-state index is 12.2. The molecule has 0 spiro atoms. The number of ketones is 1. The average molecular weight is 357 g/mol. The summed E-state index contributed by atoms with van der Waals surface area (Å²) >= 11 is 0. The lowest BCUT2D eigenvalue weighted by molar-refractivity contribution is 0.0933. The highest BCUT2D eigenvalue weighted by molar-refractivity contribution is 6.00. The van der Waals surface area contributed by atoms with Crippen molar-refractivity contribution in [1.82, 2.24) is 10.9 Å². The third kappa shape index (κ3) is 4.50. The predicted molar refractivity (Wildman–Crippen MR) is 95.6 cm³/mol. The number of hydrogen-bond donors (Lipinski definition) is 3. The molecule has 0 bridgehead atoms. The summed E-state index contributed by atoms with van der Waals surface area (Å²) in [7, 11) is 2.88. The second-order valence-electron chi connectivity index (χ2n) is 5.21. The van der Waals surface area contributed by atoms with E-state index in [1.54, 1.807) is 36.4 Å². The number of amides is 3. The van der Waals surface area contributed by atoms with Crippen LogP contribution in [0.25, 0.3) is 0 Å². The van der Waals surface area contributed by atoms with Gasteiger partial charge in [-0.25, -0.2) is 10.2 Å². The highest BCUT2D eigenvalue weighted by atomic mass is 16.5. The minimum absolute atomic E-state index is 0.0690. The molecule has 0 fully saturated rings. The fourth-order valence-corrected chi connectivity index (χ4v) is 2.20. The monoisotopic (exact) mass is 357 g/mol. The van der Waals surface area contributed by atoms with Crippen LogP contribution in [0.2, 0.25) is 0 Å². The van der Waals surface area contributed by atoms with Crippen molar-refractivity contribution in [3.8, 4) is 11.5 Å². The molecule has 2 aromatic rings. The van der Waals surface area contributed by atoms with Crippen LogP contribution in [0.15, 0.2) is 42.5 Å². The fraction of sp³-hybridized carbons (Fsp3) is 0.167. The number of anilines is 1. The molecular weight excluding hydrogens is 338 g/mol. The number of carbonyl (C=O) groups excluding carboxylic acids is 3. The normalized spacial score (nSPS) is 9.81. The molecule has 8 nitrogen and oxygen atoms in total. The van der Waals surface area contributed by atoms with Crippen LogP contribution < -0.4 is 25.6 Å². The maximum atomic E-state index is 12.2. The van der Waals surface area contributed by atoms with Crippen molar-refractivity contribution < 1.29 is 23.9 Å². The Morgan fingerprint density at radius 3 is 2.15 bits per heavy atom. The molecule has 8 heteroatoms. The van der Waals surface area contributed by atoms with Crippen molar-refractivity contribution in [3.63, 3.8) is 0 Å². The van der Waals surface area contributed by atoms with Crippen LogP contribution >= 0.6 is 0 Å². The van der Waals surface area contributed by atoms with Crippen LogP contribution in [-0.2, 0) is 0 Å². The summed E-state index contributed by atoms with van der Waals surface area (Å²) in [5.41, 5.74) is 5.74. The standard InChI is InChI=1S/C18H19N3O5/c1-11(22)12-7-9-13(10-8-12)19-18(24)21-20-17(23)14-5-4-6-15(25-2)16(14)26-3/h4-10H,1-3H3,(H,20,23)(H2,19,21,24). The van der Waals surface area contributed by atoms with Gasteiger partial charge in [-0.05, 0) is 43.3 Å². The number of benzene rings is 2. The number of carbonyl (C=O) groups is 3. The summed E-state index contributed by atoms with van der Waals surface area (Å²) in [5, 5.41) is 2.53. The molecule has 0 unspecified atom stereocenters. The lowest BCUT2D eigenvalue weighted by Crippen LogP contribution is -2.44. The Balaban J connectivity index is 1.97. The average Bonchev–Trinajstić information content (AvgIpc) is 2.65. The summed E-state index contributed by atoms with van der Waals surface area (Å²) in [4.78, 5) is 35.3. The smallest absolute Gasteiger partial charge is 0.337 e. The largest absolute Gasteiger partial charge is 0.493 e. The maximum Gasteiger partial charge on any atom is 0.337 e. The van der Waals surface area contributed by atoms with Crippen molar-refractivity contribution in [2.45, 2.75) is 6.92 Å². The fourth-order valence-electron chi connectivity index (χ4n) is 2.20. The Hall–Kier alpha value is -3.55. The highest BCUT2D eigenvalue weighted by Crippen LogP contribution is 2.30. The molecule has 136 valence electrons. The second kappa shape index (κ2) is 8.52. The van der Waals surface area contributed by atoms with Crippen LogP contribution in [0.1, 0.15) is 27.6 Å². The van der Waals surface area contributed by atoms with Crippen molar-refractivity contribution in [3.05, 3.63) is 53.6 Å². The van der Waals surface area contributed by atoms with E-state index in [2.05, 4.69) is 16.2 Å². The van der Waals surface area contributed by atoms with Crippen LogP contribution in [0, 0.1) is 0 Å². The molecule has 0 radical (unpaired) electrons. The van der Waals surface area contributed by atoms with E-state index >= 15 is 0 Å². The van der Waals surface area contributed by atoms with Gasteiger partial charge in [-0.3, -0.25) is 15.0 Å². The van der Waals surface area contributed by atoms with E-state index in [1.165, 1.54) is 27.2 Å². The first-order valence-corrected chi connectivity index (χ1v) is 7.65. The Bertz CT molecular complexity index is 818. The first-order valence-electron chi connectivity index (χ1n) is 7.65. The predicted octanol–water partition coefficient (Wildman–Crippen LogP) is 2.37. The van der Waals surface area contributed by atoms with Crippen molar-refractivity contribution >= 4 is 23.4 Å². The van der Waals surface area contributed by atoms with Crippen LogP contribution in [0.4, 0.5) is 10.5 Å². The van der Waals surface area contributed by atoms with Gasteiger partial charge in [0.2, 0.25) is 0 Å². The molecule has 26 heavy (non-hydrogen) atoms. The van der Waals surface area contributed by atoms with Gasteiger partial charge >= 0.3 is 6.03 Å². The number of hydrogen-bond acceptors (Lipinski definition) is 5. The highest BCUT2D eigenvalue weighted by Gasteiger charge is 2.16. The molecular formula is C18H19N3O5. The molecule has 2 rings (SSSR count). The van der Waals surface area contributed by atoms with Gasteiger partial charge in [-0.2, -0.15) is 0 Å². The van der Waals surface area contributed by atoms with E-state index < -0.39 is 11.9 Å². The van der Waals surface area contributed by atoms with Gasteiger partial charge < -0.3 is 14.8 Å². The zero-order chi connectivity index (χ0) is 19.1. The zero-order valence-corrected chi connectivity index (χ0v) is 14.6. The van der Waals surface area contributed by atoms with Crippen molar-refractivity contribution in [2.24, 2.45) is 0 Å². The molecule has 0 atom stereocenters. The van der Waals surface area contributed by atoms with Crippen molar-refractivity contribution in [1.29, 1.82) is 0 Å². The van der Waals surface area contributed by atoms with Gasteiger partial charge in [-0.1, -0.05) is 6.07 Å². The summed E-state index contributed by atoms with van der Waals surface area (Å²) in [5.74, 6) is 0.0213. The minimum atomic E-state index is -0.643. The van der Waals surface area contributed by atoms with Gasteiger partial charge in [-0.15, -0.1) is 0 Å². The summed E-state index contributed by atoms with van der Waals surface area (Å²) < 4.78 is 10.3. The third-order valence-corrected chi connectivity index (χ3v) is 3.49. The molecule has 0 saturated carbocycles. The van der Waals surface area contributed by atoms with E-state index in [0.29, 0.717) is 17.0 Å². The lowest BCUT2D eigenvalue weighted by Gasteiger charge is -2.13. The minimum Gasteiger partial charge on any atom is -0.493 e. The van der Waals surface area contributed by atoms with E-state index in [4.69, 9.17) is 9.47 Å². The van der Waals surface area contributed by atoms with Gasteiger partial charge in [0, 0.05) is 11.3 Å². The summed E-state index contributed by atoms with van der Waals surface area (Å²) in [6, 6.07) is 10.5. The number of urea groups is 1. The summed E-state index contributed by atoms with van der Waals surface area (Å²) in [6.07, 6.45) is 0. The van der Waals surface area contributed by atoms with E-state index in [9.17, 15) is 14.4 Å². The van der Waals surface area contributed by atoms with Gasteiger partial charge in [0.25, 0.3) is 5.91 Å². The SMILES string of the molecule is COc1cccc(C(=O)NNC(=O)Nc2ccc(C(C)=O)cc2)c1OC. The van der Waals surface area contributed by atoms with Gasteiger partial charge in [0.15, 0.2) is 17.3 Å². The molecule has 0 aliphatic carbocycles. The topological polar surface area (TPSA) is 106 Å². The number of nitrogens with one attached hydrogen (secondary N) is 3. The second-order valence-corrected chi connectivity index (χ2v) is 5.21. The molecule has 0 saturated heterocycles. The van der Waals surface area contributed by atoms with Crippen LogP contribution in [0.3, 0.4) is 0 Å². The first kappa shape index (κ1) is 18.8. The Labute approximate surface area is 150 Å².